The van der Waals surface area contributed by atoms with Crippen LogP contribution >= 0.6 is 0 Å². The summed E-state index contributed by atoms with van der Waals surface area (Å²) in [6.45, 7) is 2.35. The number of aliphatic hydroxyl groups excluding tert-OH is 1. The first-order valence-electron chi connectivity index (χ1n) is 6.98. The van der Waals surface area contributed by atoms with Gasteiger partial charge in [-0.05, 0) is 57.5 Å². The van der Waals surface area contributed by atoms with Crippen molar-refractivity contribution in [1.82, 2.24) is 10.6 Å². The van der Waals surface area contributed by atoms with Gasteiger partial charge in [0.2, 0.25) is 0 Å². The van der Waals surface area contributed by atoms with Gasteiger partial charge >= 0.3 is 0 Å². The summed E-state index contributed by atoms with van der Waals surface area (Å²) < 4.78 is 0. The third kappa shape index (κ3) is 2.13. The molecule has 3 N–H and O–H groups in total. The Kier molecular flexibility index (Phi) is 3.18. The van der Waals surface area contributed by atoms with Crippen LogP contribution in [-0.4, -0.2) is 36.4 Å². The van der Waals surface area contributed by atoms with E-state index in [-0.39, 0.29) is 6.10 Å². The Bertz CT molecular complexity index is 240. The van der Waals surface area contributed by atoms with Gasteiger partial charge in [-0.3, -0.25) is 0 Å². The van der Waals surface area contributed by atoms with E-state index in [0.717, 1.165) is 12.3 Å². The van der Waals surface area contributed by atoms with Crippen LogP contribution in [0.5, 0.6) is 0 Å². The SMILES string of the molecule is OC1CC2CCC(N2)C1CC1CCNCC1. The van der Waals surface area contributed by atoms with Crippen molar-refractivity contribution < 1.29 is 5.11 Å². The van der Waals surface area contributed by atoms with Crippen LogP contribution in [0, 0.1) is 11.8 Å². The van der Waals surface area contributed by atoms with E-state index >= 15 is 0 Å². The first-order chi connectivity index (χ1) is 7.83. The Hall–Kier alpha value is -0.120. The third-order valence-corrected chi connectivity index (χ3v) is 4.88. The summed E-state index contributed by atoms with van der Waals surface area (Å²) in [5.74, 6) is 1.38. The summed E-state index contributed by atoms with van der Waals surface area (Å²) in [6, 6.07) is 1.23. The smallest absolute Gasteiger partial charge is 0.0598 e. The molecule has 3 heterocycles. The highest BCUT2D eigenvalue weighted by Crippen LogP contribution is 2.36. The normalized spacial score (nSPS) is 44.8. The predicted molar refractivity (Wildman–Crippen MR) is 64.3 cm³/mol. The molecule has 3 saturated heterocycles. The lowest BCUT2D eigenvalue weighted by atomic mass is 9.79. The average Bonchev–Trinajstić information content (AvgIpc) is 2.70. The summed E-state index contributed by atoms with van der Waals surface area (Å²) in [5.41, 5.74) is 0. The molecule has 0 aromatic rings. The highest BCUT2D eigenvalue weighted by Gasteiger charge is 2.41. The van der Waals surface area contributed by atoms with Crippen LogP contribution < -0.4 is 10.6 Å². The van der Waals surface area contributed by atoms with E-state index in [1.165, 1.54) is 45.2 Å². The van der Waals surface area contributed by atoms with Crippen LogP contribution in [0.3, 0.4) is 0 Å². The molecule has 0 aromatic carbocycles. The minimum absolute atomic E-state index is 0.0337. The van der Waals surface area contributed by atoms with E-state index < -0.39 is 0 Å². The van der Waals surface area contributed by atoms with Crippen LogP contribution in [0.1, 0.15) is 38.5 Å². The van der Waals surface area contributed by atoms with E-state index in [4.69, 9.17) is 0 Å². The van der Waals surface area contributed by atoms with Crippen LogP contribution in [0.15, 0.2) is 0 Å². The largest absolute Gasteiger partial charge is 0.393 e. The fourth-order valence-corrected chi connectivity index (χ4v) is 3.93. The van der Waals surface area contributed by atoms with E-state index in [9.17, 15) is 5.11 Å². The second kappa shape index (κ2) is 4.63. The van der Waals surface area contributed by atoms with Gasteiger partial charge in [0.1, 0.15) is 0 Å². The molecule has 0 saturated carbocycles. The van der Waals surface area contributed by atoms with Crippen molar-refractivity contribution in [3.05, 3.63) is 0 Å². The first kappa shape index (κ1) is 11.0. The number of nitrogens with one attached hydrogen (secondary N) is 2. The number of hydrogen-bond donors (Lipinski definition) is 3. The van der Waals surface area contributed by atoms with Gasteiger partial charge < -0.3 is 15.7 Å². The van der Waals surface area contributed by atoms with Crippen molar-refractivity contribution in [3.8, 4) is 0 Å². The summed E-state index contributed by atoms with van der Waals surface area (Å²) in [6.07, 6.45) is 7.38. The Labute approximate surface area is 98.0 Å². The summed E-state index contributed by atoms with van der Waals surface area (Å²) in [7, 11) is 0. The second-order valence-electron chi connectivity index (χ2n) is 5.94. The fraction of sp³-hybridized carbons (Fsp3) is 1.00. The van der Waals surface area contributed by atoms with Crippen molar-refractivity contribution in [1.29, 1.82) is 0 Å². The molecule has 0 radical (unpaired) electrons. The zero-order chi connectivity index (χ0) is 11.0. The zero-order valence-electron chi connectivity index (χ0n) is 9.99. The molecule has 4 unspecified atom stereocenters. The molecule has 2 bridgehead atoms. The molecular formula is C13H24N2O. The predicted octanol–water partition coefficient (Wildman–Crippen LogP) is 0.878. The number of aliphatic hydroxyl groups is 1. The topological polar surface area (TPSA) is 44.3 Å². The standard InChI is InChI=1S/C13H24N2O/c16-13-8-10-1-2-12(15-10)11(13)7-9-3-5-14-6-4-9/h9-16H,1-8H2. The molecule has 0 aromatic heterocycles. The van der Waals surface area contributed by atoms with Gasteiger partial charge in [0.25, 0.3) is 0 Å². The molecule has 3 aliphatic heterocycles. The molecule has 16 heavy (non-hydrogen) atoms. The van der Waals surface area contributed by atoms with Gasteiger partial charge in [-0.1, -0.05) is 0 Å². The zero-order valence-corrected chi connectivity index (χ0v) is 9.99. The van der Waals surface area contributed by atoms with E-state index in [2.05, 4.69) is 10.6 Å². The lowest BCUT2D eigenvalue weighted by Gasteiger charge is -2.37. The van der Waals surface area contributed by atoms with E-state index in [1.807, 2.05) is 0 Å². The molecular weight excluding hydrogens is 200 g/mol. The molecule has 0 spiro atoms. The molecule has 3 fully saturated rings. The number of rotatable bonds is 2. The number of piperidine rings is 2. The van der Waals surface area contributed by atoms with Gasteiger partial charge in [-0.2, -0.15) is 0 Å². The molecule has 0 amide bonds. The van der Waals surface area contributed by atoms with Crippen molar-refractivity contribution >= 4 is 0 Å². The molecule has 3 aliphatic rings. The van der Waals surface area contributed by atoms with E-state index in [1.54, 1.807) is 0 Å². The van der Waals surface area contributed by atoms with Crippen molar-refractivity contribution in [2.75, 3.05) is 13.1 Å². The highest BCUT2D eigenvalue weighted by atomic mass is 16.3. The minimum Gasteiger partial charge on any atom is -0.393 e. The van der Waals surface area contributed by atoms with Gasteiger partial charge in [0.15, 0.2) is 0 Å². The van der Waals surface area contributed by atoms with Crippen LogP contribution in [0.2, 0.25) is 0 Å². The Morgan fingerprint density at radius 3 is 2.69 bits per heavy atom. The minimum atomic E-state index is -0.0337. The van der Waals surface area contributed by atoms with Crippen molar-refractivity contribution in [2.45, 2.75) is 56.7 Å². The Balaban J connectivity index is 1.59. The van der Waals surface area contributed by atoms with Crippen LogP contribution in [0.25, 0.3) is 0 Å². The van der Waals surface area contributed by atoms with Gasteiger partial charge in [-0.15, -0.1) is 0 Å². The second-order valence-corrected chi connectivity index (χ2v) is 5.94. The van der Waals surface area contributed by atoms with Crippen molar-refractivity contribution in [3.63, 3.8) is 0 Å². The monoisotopic (exact) mass is 224 g/mol. The first-order valence-corrected chi connectivity index (χ1v) is 6.98. The summed E-state index contributed by atoms with van der Waals surface area (Å²) in [5, 5.41) is 17.3. The number of fused-ring (bicyclic) bond motifs is 2. The maximum absolute atomic E-state index is 10.2. The van der Waals surface area contributed by atoms with Gasteiger partial charge in [0.05, 0.1) is 6.10 Å². The maximum Gasteiger partial charge on any atom is 0.0598 e. The van der Waals surface area contributed by atoms with E-state index in [0.29, 0.717) is 18.0 Å². The van der Waals surface area contributed by atoms with Crippen LogP contribution in [0.4, 0.5) is 0 Å². The molecule has 3 heteroatoms. The fourth-order valence-electron chi connectivity index (χ4n) is 3.93. The quantitative estimate of drug-likeness (QED) is 0.652. The van der Waals surface area contributed by atoms with Gasteiger partial charge in [0, 0.05) is 18.0 Å². The molecule has 3 nitrogen and oxygen atoms in total. The van der Waals surface area contributed by atoms with Gasteiger partial charge in [-0.25, -0.2) is 0 Å². The third-order valence-electron chi connectivity index (χ3n) is 4.88. The lowest BCUT2D eigenvalue weighted by molar-refractivity contribution is 0.0362. The highest BCUT2D eigenvalue weighted by molar-refractivity contribution is 4.98. The molecule has 4 atom stereocenters. The van der Waals surface area contributed by atoms with Crippen molar-refractivity contribution in [2.24, 2.45) is 11.8 Å². The molecule has 3 rings (SSSR count). The molecule has 0 aliphatic carbocycles. The summed E-state index contributed by atoms with van der Waals surface area (Å²) >= 11 is 0. The van der Waals surface area contributed by atoms with Crippen LogP contribution in [-0.2, 0) is 0 Å². The Morgan fingerprint density at radius 2 is 1.88 bits per heavy atom. The average molecular weight is 224 g/mol. The number of hydrogen-bond acceptors (Lipinski definition) is 3. The summed E-state index contributed by atoms with van der Waals surface area (Å²) in [4.78, 5) is 0. The maximum atomic E-state index is 10.2. The lowest BCUT2D eigenvalue weighted by Crippen LogP contribution is -2.49. The molecule has 92 valence electrons. The Morgan fingerprint density at radius 1 is 1.06 bits per heavy atom.